The van der Waals surface area contributed by atoms with Gasteiger partial charge < -0.3 is 5.73 Å². The fourth-order valence-electron chi connectivity index (χ4n) is 2.04. The van der Waals surface area contributed by atoms with E-state index in [9.17, 15) is 4.39 Å². The third kappa shape index (κ3) is 2.89. The molecule has 0 aromatic heterocycles. The van der Waals surface area contributed by atoms with Crippen LogP contribution in [0.3, 0.4) is 0 Å². The average molecular weight is 264 g/mol. The Morgan fingerprint density at radius 2 is 1.78 bits per heavy atom. The number of benzene rings is 2. The Bertz CT molecular complexity index is 493. The topological polar surface area (TPSA) is 26.0 Å². The van der Waals surface area contributed by atoms with Gasteiger partial charge in [0, 0.05) is 16.5 Å². The summed E-state index contributed by atoms with van der Waals surface area (Å²) in [5.41, 5.74) is 7.44. The average Bonchev–Trinajstić information content (AvgIpc) is 2.40. The zero-order chi connectivity index (χ0) is 13.0. The summed E-state index contributed by atoms with van der Waals surface area (Å²) in [6, 6.07) is 14.6. The number of nitrogens with two attached hydrogens (primary N) is 1. The summed E-state index contributed by atoms with van der Waals surface area (Å²) in [7, 11) is 0. The molecule has 0 amide bonds. The van der Waals surface area contributed by atoms with Gasteiger partial charge in [-0.25, -0.2) is 4.39 Å². The maximum Gasteiger partial charge on any atom is 0.127 e. The minimum Gasteiger partial charge on any atom is -0.330 e. The highest BCUT2D eigenvalue weighted by Gasteiger charge is 2.15. The Kier molecular flexibility index (Phi) is 4.34. The molecule has 0 fully saturated rings. The van der Waals surface area contributed by atoms with Crippen LogP contribution in [-0.2, 0) is 6.42 Å². The largest absolute Gasteiger partial charge is 0.330 e. The van der Waals surface area contributed by atoms with E-state index >= 15 is 0 Å². The minimum absolute atomic E-state index is 0.0839. The number of hydrogen-bond donors (Lipinski definition) is 1. The van der Waals surface area contributed by atoms with Crippen LogP contribution in [0.5, 0.6) is 0 Å². The monoisotopic (exact) mass is 263 g/mol. The summed E-state index contributed by atoms with van der Waals surface area (Å²) in [4.78, 5) is 0. The summed E-state index contributed by atoms with van der Waals surface area (Å²) in [6.07, 6.45) is 0.520. The molecule has 2 aromatic rings. The second kappa shape index (κ2) is 5.98. The highest BCUT2D eigenvalue weighted by atomic mass is 35.5. The second-order valence-electron chi connectivity index (χ2n) is 4.25. The maximum atomic E-state index is 13.7. The lowest BCUT2D eigenvalue weighted by molar-refractivity contribution is 0.590. The molecule has 1 unspecified atom stereocenters. The smallest absolute Gasteiger partial charge is 0.127 e. The summed E-state index contributed by atoms with van der Waals surface area (Å²) in [6.45, 7) is 0.467. The van der Waals surface area contributed by atoms with Crippen LogP contribution in [0, 0.1) is 5.82 Å². The zero-order valence-corrected chi connectivity index (χ0v) is 10.7. The molecule has 2 rings (SSSR count). The van der Waals surface area contributed by atoms with E-state index in [-0.39, 0.29) is 11.7 Å². The van der Waals surface area contributed by atoms with Gasteiger partial charge in [0.25, 0.3) is 0 Å². The molecule has 1 nitrogen and oxygen atoms in total. The predicted octanol–water partition coefficient (Wildman–Crippen LogP) is 3.76. The van der Waals surface area contributed by atoms with Gasteiger partial charge in [-0.15, -0.1) is 0 Å². The van der Waals surface area contributed by atoms with Crippen molar-refractivity contribution >= 4 is 11.6 Å². The third-order valence-corrected chi connectivity index (χ3v) is 3.42. The molecule has 1 atom stereocenters. The van der Waals surface area contributed by atoms with Crippen LogP contribution in [0.1, 0.15) is 17.0 Å². The molecule has 3 heteroatoms. The van der Waals surface area contributed by atoms with Crippen LogP contribution in [0.25, 0.3) is 0 Å². The molecule has 94 valence electrons. The molecule has 0 heterocycles. The molecule has 18 heavy (non-hydrogen) atoms. The molecular formula is C15H15ClFN. The summed E-state index contributed by atoms with van der Waals surface area (Å²) >= 11 is 6.04. The Hall–Kier alpha value is -1.38. The lowest BCUT2D eigenvalue weighted by Crippen LogP contribution is -2.15. The van der Waals surface area contributed by atoms with Crippen molar-refractivity contribution in [3.63, 3.8) is 0 Å². The van der Waals surface area contributed by atoms with Crippen molar-refractivity contribution in [2.24, 2.45) is 5.73 Å². The Morgan fingerprint density at radius 1 is 1.06 bits per heavy atom. The first-order chi connectivity index (χ1) is 8.72. The first kappa shape index (κ1) is 13.1. The van der Waals surface area contributed by atoms with Crippen LogP contribution in [0.15, 0.2) is 48.5 Å². The van der Waals surface area contributed by atoms with E-state index in [1.54, 1.807) is 12.1 Å². The summed E-state index contributed by atoms with van der Waals surface area (Å²) in [5, 5.41) is 0.462. The number of hydrogen-bond acceptors (Lipinski definition) is 1. The van der Waals surface area contributed by atoms with Gasteiger partial charge in [0.15, 0.2) is 0 Å². The number of rotatable bonds is 4. The zero-order valence-electron chi connectivity index (χ0n) is 9.94. The number of halogens is 2. The molecule has 0 aliphatic rings. The molecule has 0 aliphatic carbocycles. The fourth-order valence-corrected chi connectivity index (χ4v) is 2.28. The highest BCUT2D eigenvalue weighted by Crippen LogP contribution is 2.26. The molecule has 0 saturated heterocycles. The van der Waals surface area contributed by atoms with E-state index in [1.165, 1.54) is 6.07 Å². The van der Waals surface area contributed by atoms with Gasteiger partial charge in [-0.3, -0.25) is 0 Å². The predicted molar refractivity (Wildman–Crippen MR) is 73.4 cm³/mol. The SMILES string of the molecule is NCC(Cc1c(F)cccc1Cl)c1ccccc1. The van der Waals surface area contributed by atoms with Gasteiger partial charge in [-0.05, 0) is 30.7 Å². The van der Waals surface area contributed by atoms with Crippen molar-refractivity contribution < 1.29 is 4.39 Å². The lowest BCUT2D eigenvalue weighted by Gasteiger charge is -2.16. The van der Waals surface area contributed by atoms with Crippen molar-refractivity contribution in [1.29, 1.82) is 0 Å². The molecule has 0 spiro atoms. The van der Waals surface area contributed by atoms with E-state index in [2.05, 4.69) is 0 Å². The maximum absolute atomic E-state index is 13.7. The molecular weight excluding hydrogens is 249 g/mol. The fraction of sp³-hybridized carbons (Fsp3) is 0.200. The molecule has 0 radical (unpaired) electrons. The van der Waals surface area contributed by atoms with Crippen LogP contribution in [-0.4, -0.2) is 6.54 Å². The van der Waals surface area contributed by atoms with Crippen LogP contribution >= 0.6 is 11.6 Å². The molecule has 0 aliphatic heterocycles. The van der Waals surface area contributed by atoms with Gasteiger partial charge in [0.2, 0.25) is 0 Å². The van der Waals surface area contributed by atoms with E-state index in [4.69, 9.17) is 17.3 Å². The normalized spacial score (nSPS) is 12.4. The van der Waals surface area contributed by atoms with Crippen LogP contribution in [0.4, 0.5) is 4.39 Å². The highest BCUT2D eigenvalue weighted by molar-refractivity contribution is 6.31. The summed E-state index contributed by atoms with van der Waals surface area (Å²) in [5.74, 6) is -0.183. The molecule has 2 aromatic carbocycles. The lowest BCUT2D eigenvalue weighted by atomic mass is 9.92. The first-order valence-corrected chi connectivity index (χ1v) is 6.28. The van der Waals surface area contributed by atoms with Crippen LogP contribution in [0.2, 0.25) is 5.02 Å². The third-order valence-electron chi connectivity index (χ3n) is 3.07. The van der Waals surface area contributed by atoms with Gasteiger partial charge in [-0.2, -0.15) is 0 Å². The Labute approximate surface area is 111 Å². The van der Waals surface area contributed by atoms with Crippen molar-refractivity contribution in [3.8, 4) is 0 Å². The van der Waals surface area contributed by atoms with E-state index in [0.717, 1.165) is 5.56 Å². The van der Waals surface area contributed by atoms with Gasteiger partial charge in [0.05, 0.1) is 0 Å². The summed E-state index contributed by atoms with van der Waals surface area (Å²) < 4.78 is 13.7. The molecule has 0 saturated carbocycles. The van der Waals surface area contributed by atoms with Crippen LogP contribution < -0.4 is 5.73 Å². The standard InChI is InChI=1S/C15H15ClFN/c16-14-7-4-8-15(17)13(14)9-12(10-18)11-5-2-1-3-6-11/h1-8,12H,9-10,18H2. The van der Waals surface area contributed by atoms with Gasteiger partial charge in [0.1, 0.15) is 5.82 Å². The Morgan fingerprint density at radius 3 is 2.39 bits per heavy atom. The minimum atomic E-state index is -0.267. The van der Waals surface area contributed by atoms with Gasteiger partial charge in [-0.1, -0.05) is 48.0 Å². The second-order valence-corrected chi connectivity index (χ2v) is 4.65. The van der Waals surface area contributed by atoms with Gasteiger partial charge >= 0.3 is 0 Å². The first-order valence-electron chi connectivity index (χ1n) is 5.90. The van der Waals surface area contributed by atoms with E-state index < -0.39 is 0 Å². The van der Waals surface area contributed by atoms with Crippen molar-refractivity contribution in [3.05, 3.63) is 70.5 Å². The van der Waals surface area contributed by atoms with Crippen molar-refractivity contribution in [2.75, 3.05) is 6.54 Å². The molecule has 0 bridgehead atoms. The van der Waals surface area contributed by atoms with Crippen molar-refractivity contribution in [1.82, 2.24) is 0 Å². The Balaban J connectivity index is 2.26. The van der Waals surface area contributed by atoms with E-state index in [0.29, 0.717) is 23.6 Å². The molecule has 2 N–H and O–H groups in total. The van der Waals surface area contributed by atoms with E-state index in [1.807, 2.05) is 30.3 Å². The quantitative estimate of drug-likeness (QED) is 0.893. The van der Waals surface area contributed by atoms with Crippen molar-refractivity contribution in [2.45, 2.75) is 12.3 Å².